The fraction of sp³-hybridized carbons (Fsp3) is 0.667. The summed E-state index contributed by atoms with van der Waals surface area (Å²) < 4.78 is 1.04. The first kappa shape index (κ1) is 7.36. The van der Waals surface area contributed by atoms with E-state index >= 15 is 0 Å². The van der Waals surface area contributed by atoms with E-state index in [1.807, 2.05) is 6.26 Å². The molecule has 0 bridgehead atoms. The van der Waals surface area contributed by atoms with Crippen molar-refractivity contribution in [2.24, 2.45) is 0 Å². The van der Waals surface area contributed by atoms with Crippen LogP contribution < -0.4 is 5.32 Å². The van der Waals surface area contributed by atoms with Crippen LogP contribution in [0.3, 0.4) is 0 Å². The second-order valence-electron chi connectivity index (χ2n) is 2.50. The van der Waals surface area contributed by atoms with Gasteiger partial charge in [-0.05, 0) is 19.1 Å². The predicted molar refractivity (Wildman–Crippen MR) is 48.3 cm³/mol. The predicted octanol–water partition coefficient (Wildman–Crippen LogP) is 1.83. The van der Waals surface area contributed by atoms with Crippen LogP contribution in [0.5, 0.6) is 0 Å². The van der Waals surface area contributed by atoms with Gasteiger partial charge in [-0.3, -0.25) is 0 Å². The van der Waals surface area contributed by atoms with Crippen LogP contribution in [0.4, 0.5) is 5.13 Å². The third-order valence-corrected chi connectivity index (χ3v) is 3.32. The summed E-state index contributed by atoms with van der Waals surface area (Å²) in [6.45, 7) is 0. The minimum absolute atomic E-state index is 0.678. The number of thioether (sulfide) groups is 1. The molecule has 0 amide bonds. The van der Waals surface area contributed by atoms with E-state index < -0.39 is 0 Å². The molecule has 0 aromatic carbocycles. The van der Waals surface area contributed by atoms with E-state index in [-0.39, 0.29) is 0 Å². The summed E-state index contributed by atoms with van der Waals surface area (Å²) in [5.74, 6) is 0. The molecule has 11 heavy (non-hydrogen) atoms. The monoisotopic (exact) mass is 187 g/mol. The van der Waals surface area contributed by atoms with Crippen LogP contribution >= 0.6 is 23.1 Å². The van der Waals surface area contributed by atoms with Gasteiger partial charge in [0.25, 0.3) is 0 Å². The third kappa shape index (κ3) is 1.84. The highest BCUT2D eigenvalue weighted by atomic mass is 32.2. The van der Waals surface area contributed by atoms with Crippen LogP contribution in [-0.2, 0) is 0 Å². The van der Waals surface area contributed by atoms with Crippen molar-refractivity contribution < 1.29 is 0 Å². The maximum atomic E-state index is 4.00. The van der Waals surface area contributed by atoms with Gasteiger partial charge in [-0.25, -0.2) is 0 Å². The van der Waals surface area contributed by atoms with Gasteiger partial charge in [-0.1, -0.05) is 23.1 Å². The molecule has 5 heteroatoms. The van der Waals surface area contributed by atoms with Crippen molar-refractivity contribution in [3.8, 4) is 0 Å². The van der Waals surface area contributed by atoms with E-state index in [4.69, 9.17) is 0 Å². The Morgan fingerprint density at radius 2 is 2.36 bits per heavy atom. The summed E-state index contributed by atoms with van der Waals surface area (Å²) in [5.41, 5.74) is 0. The Bertz CT molecular complexity index is 244. The Hall–Kier alpha value is -0.290. The molecule has 2 rings (SSSR count). The van der Waals surface area contributed by atoms with E-state index in [9.17, 15) is 0 Å². The number of nitrogens with one attached hydrogen (secondary N) is 1. The van der Waals surface area contributed by atoms with Gasteiger partial charge in [0.05, 0.1) is 0 Å². The topological polar surface area (TPSA) is 37.8 Å². The maximum Gasteiger partial charge on any atom is 0.206 e. The largest absolute Gasteiger partial charge is 0.357 e. The molecular weight excluding hydrogens is 178 g/mol. The van der Waals surface area contributed by atoms with Gasteiger partial charge in [0, 0.05) is 6.04 Å². The molecule has 1 fully saturated rings. The minimum atomic E-state index is 0.678. The molecule has 1 heterocycles. The van der Waals surface area contributed by atoms with Crippen LogP contribution in [0.25, 0.3) is 0 Å². The number of aromatic nitrogens is 2. The molecule has 3 nitrogen and oxygen atoms in total. The zero-order valence-corrected chi connectivity index (χ0v) is 7.84. The highest BCUT2D eigenvalue weighted by Gasteiger charge is 2.22. The van der Waals surface area contributed by atoms with Crippen LogP contribution in [0, 0.1) is 0 Å². The van der Waals surface area contributed by atoms with Gasteiger partial charge in [0.1, 0.15) is 0 Å². The van der Waals surface area contributed by atoms with Crippen LogP contribution in [0.1, 0.15) is 12.8 Å². The minimum Gasteiger partial charge on any atom is -0.357 e. The van der Waals surface area contributed by atoms with E-state index in [1.165, 1.54) is 12.8 Å². The molecule has 0 aliphatic heterocycles. The molecule has 1 aliphatic carbocycles. The zero-order chi connectivity index (χ0) is 7.68. The smallest absolute Gasteiger partial charge is 0.206 e. The molecule has 0 unspecified atom stereocenters. The molecule has 0 saturated heterocycles. The molecule has 1 aliphatic rings. The molecule has 1 saturated carbocycles. The van der Waals surface area contributed by atoms with Crippen molar-refractivity contribution in [2.45, 2.75) is 23.2 Å². The third-order valence-electron chi connectivity index (χ3n) is 1.49. The van der Waals surface area contributed by atoms with Gasteiger partial charge >= 0.3 is 0 Å². The lowest BCUT2D eigenvalue weighted by molar-refractivity contribution is 0.996. The first-order valence-electron chi connectivity index (χ1n) is 3.52. The first-order valence-corrected chi connectivity index (χ1v) is 5.56. The van der Waals surface area contributed by atoms with Crippen molar-refractivity contribution in [1.29, 1.82) is 0 Å². The Kier molecular flexibility index (Phi) is 2.00. The SMILES string of the molecule is CSc1nnc(NC2CC2)s1. The van der Waals surface area contributed by atoms with Gasteiger partial charge in [0.15, 0.2) is 4.34 Å². The van der Waals surface area contributed by atoms with Crippen LogP contribution in [0.2, 0.25) is 0 Å². The van der Waals surface area contributed by atoms with Crippen molar-refractivity contribution >= 4 is 28.2 Å². The summed E-state index contributed by atoms with van der Waals surface area (Å²) in [4.78, 5) is 0. The van der Waals surface area contributed by atoms with E-state index in [1.54, 1.807) is 23.1 Å². The quantitative estimate of drug-likeness (QED) is 0.733. The lowest BCUT2D eigenvalue weighted by atomic mass is 10.7. The highest BCUT2D eigenvalue weighted by molar-refractivity contribution is 8.00. The fourth-order valence-corrected chi connectivity index (χ4v) is 2.00. The highest BCUT2D eigenvalue weighted by Crippen LogP contribution is 2.28. The normalized spacial score (nSPS) is 16.8. The molecule has 0 atom stereocenters. The van der Waals surface area contributed by atoms with Crippen molar-refractivity contribution in [1.82, 2.24) is 10.2 Å². The van der Waals surface area contributed by atoms with Crippen LogP contribution in [0.15, 0.2) is 4.34 Å². The van der Waals surface area contributed by atoms with E-state index in [2.05, 4.69) is 15.5 Å². The van der Waals surface area contributed by atoms with Crippen molar-refractivity contribution in [3.63, 3.8) is 0 Å². The Morgan fingerprint density at radius 1 is 1.55 bits per heavy atom. The molecule has 1 aromatic rings. The first-order chi connectivity index (χ1) is 5.38. The number of hydrogen-bond donors (Lipinski definition) is 1. The van der Waals surface area contributed by atoms with E-state index in [0.717, 1.165) is 9.47 Å². The summed E-state index contributed by atoms with van der Waals surface area (Å²) >= 11 is 3.27. The summed E-state index contributed by atoms with van der Waals surface area (Å²) in [6, 6.07) is 0.678. The Labute approximate surface area is 73.6 Å². The second-order valence-corrected chi connectivity index (χ2v) is 4.53. The lowest BCUT2D eigenvalue weighted by Gasteiger charge is -1.93. The van der Waals surface area contributed by atoms with Gasteiger partial charge in [-0.15, -0.1) is 10.2 Å². The molecule has 1 aromatic heterocycles. The molecule has 60 valence electrons. The standard InChI is InChI=1S/C6H9N3S2/c1-10-6-9-8-5(11-6)7-4-2-3-4/h4H,2-3H2,1H3,(H,7,8). The van der Waals surface area contributed by atoms with Gasteiger partial charge < -0.3 is 5.32 Å². The summed E-state index contributed by atoms with van der Waals surface area (Å²) in [7, 11) is 0. The van der Waals surface area contributed by atoms with Crippen molar-refractivity contribution in [2.75, 3.05) is 11.6 Å². The summed E-state index contributed by atoms with van der Waals surface area (Å²) in [5, 5.41) is 12.3. The number of nitrogens with zero attached hydrogens (tertiary/aromatic N) is 2. The fourth-order valence-electron chi connectivity index (χ4n) is 0.753. The molecular formula is C6H9N3S2. The van der Waals surface area contributed by atoms with Gasteiger partial charge in [-0.2, -0.15) is 0 Å². The second kappa shape index (κ2) is 2.98. The summed E-state index contributed by atoms with van der Waals surface area (Å²) in [6.07, 6.45) is 4.59. The van der Waals surface area contributed by atoms with E-state index in [0.29, 0.717) is 6.04 Å². The van der Waals surface area contributed by atoms with Gasteiger partial charge in [0.2, 0.25) is 5.13 Å². The van der Waals surface area contributed by atoms with Crippen LogP contribution in [-0.4, -0.2) is 22.5 Å². The van der Waals surface area contributed by atoms with Crippen molar-refractivity contribution in [3.05, 3.63) is 0 Å². The molecule has 1 N–H and O–H groups in total. The maximum absolute atomic E-state index is 4.00. The number of hydrogen-bond acceptors (Lipinski definition) is 5. The number of rotatable bonds is 3. The molecule has 0 radical (unpaired) electrons. The lowest BCUT2D eigenvalue weighted by Crippen LogP contribution is -1.99. The zero-order valence-electron chi connectivity index (χ0n) is 6.20. The molecule has 0 spiro atoms. The Balaban J connectivity index is 1.99. The Morgan fingerprint density at radius 3 is 2.91 bits per heavy atom. The average molecular weight is 187 g/mol. The number of anilines is 1. The average Bonchev–Trinajstić information content (AvgIpc) is 2.68.